The SMILES string of the molecule is CCNC(c1ccc(C)s1)C1CCOC1C. The molecule has 1 aromatic rings. The van der Waals surface area contributed by atoms with Crippen LogP contribution in [0.4, 0.5) is 0 Å². The highest BCUT2D eigenvalue weighted by molar-refractivity contribution is 7.12. The Kier molecular flexibility index (Phi) is 4.00. The summed E-state index contributed by atoms with van der Waals surface area (Å²) in [5, 5.41) is 3.62. The molecule has 3 atom stereocenters. The summed E-state index contributed by atoms with van der Waals surface area (Å²) in [6, 6.07) is 4.95. The first-order valence-corrected chi connectivity index (χ1v) is 6.95. The minimum Gasteiger partial charge on any atom is -0.378 e. The van der Waals surface area contributed by atoms with Crippen molar-refractivity contribution in [2.45, 2.75) is 39.3 Å². The van der Waals surface area contributed by atoms with Crippen LogP contribution in [0.1, 0.15) is 36.1 Å². The summed E-state index contributed by atoms with van der Waals surface area (Å²) in [6.07, 6.45) is 1.56. The Labute approximate surface area is 102 Å². The van der Waals surface area contributed by atoms with Crippen LogP contribution in [-0.4, -0.2) is 19.3 Å². The van der Waals surface area contributed by atoms with Gasteiger partial charge in [0.05, 0.1) is 6.10 Å². The maximum absolute atomic E-state index is 5.69. The van der Waals surface area contributed by atoms with Crippen molar-refractivity contribution in [3.05, 3.63) is 21.9 Å². The summed E-state index contributed by atoms with van der Waals surface area (Å²) in [5.41, 5.74) is 0. The average molecular weight is 239 g/mol. The molecule has 1 aliphatic heterocycles. The molecule has 1 aromatic heterocycles. The number of ether oxygens (including phenoxy) is 1. The molecule has 2 heterocycles. The van der Waals surface area contributed by atoms with Crippen molar-refractivity contribution in [1.82, 2.24) is 5.32 Å². The molecule has 1 N–H and O–H groups in total. The molecular weight excluding hydrogens is 218 g/mol. The Morgan fingerprint density at radius 3 is 2.88 bits per heavy atom. The van der Waals surface area contributed by atoms with Crippen LogP contribution in [0.15, 0.2) is 12.1 Å². The van der Waals surface area contributed by atoms with Gasteiger partial charge in [0, 0.05) is 28.3 Å². The summed E-state index contributed by atoms with van der Waals surface area (Å²) in [6.45, 7) is 8.48. The molecule has 90 valence electrons. The van der Waals surface area contributed by atoms with Crippen molar-refractivity contribution in [1.29, 1.82) is 0 Å². The molecule has 0 aromatic carbocycles. The quantitative estimate of drug-likeness (QED) is 0.871. The number of hydrogen-bond donors (Lipinski definition) is 1. The lowest BCUT2D eigenvalue weighted by Crippen LogP contribution is -2.31. The van der Waals surface area contributed by atoms with Crippen molar-refractivity contribution in [2.75, 3.05) is 13.2 Å². The first-order chi connectivity index (χ1) is 7.72. The van der Waals surface area contributed by atoms with Crippen molar-refractivity contribution in [2.24, 2.45) is 5.92 Å². The van der Waals surface area contributed by atoms with Gasteiger partial charge in [0.2, 0.25) is 0 Å². The molecule has 1 saturated heterocycles. The number of nitrogens with one attached hydrogen (secondary N) is 1. The second-order valence-corrected chi connectivity index (χ2v) is 5.83. The van der Waals surface area contributed by atoms with E-state index in [1.807, 2.05) is 11.3 Å². The van der Waals surface area contributed by atoms with Gasteiger partial charge in [0.15, 0.2) is 0 Å². The smallest absolute Gasteiger partial charge is 0.0594 e. The number of hydrogen-bond acceptors (Lipinski definition) is 3. The van der Waals surface area contributed by atoms with Crippen LogP contribution in [0.2, 0.25) is 0 Å². The molecule has 3 unspecified atom stereocenters. The summed E-state index contributed by atoms with van der Waals surface area (Å²) in [5.74, 6) is 0.623. The predicted octanol–water partition coefficient (Wildman–Crippen LogP) is 3.13. The lowest BCUT2D eigenvalue weighted by atomic mass is 9.92. The maximum Gasteiger partial charge on any atom is 0.0594 e. The zero-order valence-electron chi connectivity index (χ0n) is 10.3. The van der Waals surface area contributed by atoms with Gasteiger partial charge in [0.1, 0.15) is 0 Å². The molecule has 1 fully saturated rings. The normalized spacial score (nSPS) is 27.2. The third-order valence-electron chi connectivity index (χ3n) is 3.35. The van der Waals surface area contributed by atoms with Gasteiger partial charge in [-0.1, -0.05) is 6.92 Å². The molecule has 0 saturated carbocycles. The van der Waals surface area contributed by atoms with Gasteiger partial charge in [-0.25, -0.2) is 0 Å². The van der Waals surface area contributed by atoms with Gasteiger partial charge in [-0.15, -0.1) is 11.3 Å². The molecule has 16 heavy (non-hydrogen) atoms. The third kappa shape index (κ3) is 2.47. The first kappa shape index (κ1) is 12.1. The number of aryl methyl sites for hydroxylation is 1. The van der Waals surface area contributed by atoms with Crippen LogP contribution in [0.25, 0.3) is 0 Å². The highest BCUT2D eigenvalue weighted by Crippen LogP contribution is 2.36. The molecule has 0 radical (unpaired) electrons. The van der Waals surface area contributed by atoms with Crippen molar-refractivity contribution in [3.63, 3.8) is 0 Å². The fourth-order valence-electron chi connectivity index (χ4n) is 2.49. The van der Waals surface area contributed by atoms with Crippen molar-refractivity contribution < 1.29 is 4.74 Å². The lowest BCUT2D eigenvalue weighted by molar-refractivity contribution is 0.0959. The van der Waals surface area contributed by atoms with Crippen LogP contribution in [-0.2, 0) is 4.74 Å². The van der Waals surface area contributed by atoms with E-state index in [0.717, 1.165) is 13.2 Å². The number of thiophene rings is 1. The lowest BCUT2D eigenvalue weighted by Gasteiger charge is -2.25. The minimum absolute atomic E-state index is 0.381. The van der Waals surface area contributed by atoms with Crippen LogP contribution >= 0.6 is 11.3 Å². The molecule has 0 spiro atoms. The highest BCUT2D eigenvalue weighted by Gasteiger charge is 2.32. The van der Waals surface area contributed by atoms with E-state index < -0.39 is 0 Å². The van der Waals surface area contributed by atoms with Crippen LogP contribution < -0.4 is 5.32 Å². The van der Waals surface area contributed by atoms with Gasteiger partial charge >= 0.3 is 0 Å². The van der Waals surface area contributed by atoms with Gasteiger partial charge in [-0.05, 0) is 38.9 Å². The molecule has 2 rings (SSSR count). The van der Waals surface area contributed by atoms with Gasteiger partial charge in [0.25, 0.3) is 0 Å². The summed E-state index contributed by atoms with van der Waals surface area (Å²) >= 11 is 1.91. The van der Waals surface area contributed by atoms with Crippen LogP contribution in [0.3, 0.4) is 0 Å². The molecule has 3 heteroatoms. The van der Waals surface area contributed by atoms with Crippen LogP contribution in [0, 0.1) is 12.8 Å². The van der Waals surface area contributed by atoms with E-state index in [1.54, 1.807) is 0 Å². The Hall–Kier alpha value is -0.380. The minimum atomic E-state index is 0.381. The first-order valence-electron chi connectivity index (χ1n) is 6.13. The molecular formula is C13H21NOS. The summed E-state index contributed by atoms with van der Waals surface area (Å²) in [4.78, 5) is 2.85. The van der Waals surface area contributed by atoms with Gasteiger partial charge in [-0.3, -0.25) is 0 Å². The van der Waals surface area contributed by atoms with E-state index >= 15 is 0 Å². The maximum atomic E-state index is 5.69. The monoisotopic (exact) mass is 239 g/mol. The van der Waals surface area contributed by atoms with E-state index in [4.69, 9.17) is 4.74 Å². The summed E-state index contributed by atoms with van der Waals surface area (Å²) in [7, 11) is 0. The van der Waals surface area contributed by atoms with E-state index in [0.29, 0.717) is 18.1 Å². The molecule has 0 bridgehead atoms. The van der Waals surface area contributed by atoms with Crippen LogP contribution in [0.5, 0.6) is 0 Å². The van der Waals surface area contributed by atoms with E-state index in [-0.39, 0.29) is 0 Å². The Morgan fingerprint density at radius 2 is 2.38 bits per heavy atom. The topological polar surface area (TPSA) is 21.3 Å². The Bertz CT molecular complexity index is 336. The molecule has 0 amide bonds. The second kappa shape index (κ2) is 5.30. The predicted molar refractivity (Wildman–Crippen MR) is 69.0 cm³/mol. The largest absolute Gasteiger partial charge is 0.378 e. The van der Waals surface area contributed by atoms with Crippen molar-refractivity contribution in [3.8, 4) is 0 Å². The standard InChI is InChI=1S/C13H21NOS/c1-4-14-13(11-7-8-15-10(11)3)12-6-5-9(2)16-12/h5-6,10-11,13-14H,4,7-8H2,1-3H3. The zero-order valence-corrected chi connectivity index (χ0v) is 11.1. The van der Waals surface area contributed by atoms with E-state index in [2.05, 4.69) is 38.2 Å². The van der Waals surface area contributed by atoms with Gasteiger partial charge < -0.3 is 10.1 Å². The van der Waals surface area contributed by atoms with Gasteiger partial charge in [-0.2, -0.15) is 0 Å². The average Bonchev–Trinajstić information content (AvgIpc) is 2.84. The Morgan fingerprint density at radius 1 is 1.56 bits per heavy atom. The summed E-state index contributed by atoms with van der Waals surface area (Å²) < 4.78 is 5.69. The molecule has 0 aliphatic carbocycles. The third-order valence-corrected chi connectivity index (χ3v) is 4.44. The number of rotatable bonds is 4. The fourth-order valence-corrected chi connectivity index (χ4v) is 3.52. The highest BCUT2D eigenvalue weighted by atomic mass is 32.1. The fraction of sp³-hybridized carbons (Fsp3) is 0.692. The molecule has 2 nitrogen and oxygen atoms in total. The molecule has 1 aliphatic rings. The van der Waals surface area contributed by atoms with E-state index in [9.17, 15) is 0 Å². The van der Waals surface area contributed by atoms with Crippen molar-refractivity contribution >= 4 is 11.3 Å². The zero-order chi connectivity index (χ0) is 11.5. The Balaban J connectivity index is 2.16. The second-order valence-electron chi connectivity index (χ2n) is 4.51. The van der Waals surface area contributed by atoms with E-state index in [1.165, 1.54) is 16.2 Å².